The highest BCUT2D eigenvalue weighted by atomic mass is 15.4. The van der Waals surface area contributed by atoms with Crippen molar-refractivity contribution in [3.63, 3.8) is 0 Å². The van der Waals surface area contributed by atoms with E-state index in [9.17, 15) is 5.26 Å². The molecule has 0 aliphatic rings. The number of unbranched alkanes of at least 4 members (excludes halogenated alkanes) is 1. The molecule has 34 heavy (non-hydrogen) atoms. The van der Waals surface area contributed by atoms with E-state index in [0.717, 1.165) is 37.2 Å². The molecule has 0 fully saturated rings. The lowest BCUT2D eigenvalue weighted by Gasteiger charge is -2.17. The van der Waals surface area contributed by atoms with Gasteiger partial charge in [-0.05, 0) is 25.0 Å². The first-order chi connectivity index (χ1) is 16.4. The number of azo groups is 1. The maximum absolute atomic E-state index is 9.60. The summed E-state index contributed by atoms with van der Waals surface area (Å²) in [6.07, 6.45) is 7.45. The number of pyridine rings is 1. The SMILES string of the molecule is CCCCC(CC)c1nnc2c(N=Nc3c(C#N)cnn3-c3ccccn3)c(C(C)(C)C)[nH]n12. The van der Waals surface area contributed by atoms with Gasteiger partial charge in [-0.2, -0.15) is 15.0 Å². The minimum atomic E-state index is -0.239. The molecule has 0 bridgehead atoms. The fourth-order valence-electron chi connectivity index (χ4n) is 3.95. The summed E-state index contributed by atoms with van der Waals surface area (Å²) in [5, 5.41) is 35.4. The Hall–Kier alpha value is -3.87. The molecule has 0 radical (unpaired) electrons. The molecule has 10 nitrogen and oxygen atoms in total. The molecule has 1 unspecified atom stereocenters. The Kier molecular flexibility index (Phi) is 6.54. The second-order valence-corrected chi connectivity index (χ2v) is 9.34. The molecular formula is C24H30N10. The molecule has 0 aliphatic heterocycles. The molecule has 0 saturated heterocycles. The quantitative estimate of drug-likeness (QED) is 0.329. The van der Waals surface area contributed by atoms with Crippen LogP contribution >= 0.6 is 0 Å². The van der Waals surface area contributed by atoms with Crippen LogP contribution in [0.3, 0.4) is 0 Å². The van der Waals surface area contributed by atoms with Crippen molar-refractivity contribution in [1.82, 2.24) is 34.6 Å². The first kappa shape index (κ1) is 23.3. The van der Waals surface area contributed by atoms with Crippen molar-refractivity contribution in [2.24, 2.45) is 10.2 Å². The molecule has 176 valence electrons. The number of fused-ring (bicyclic) bond motifs is 1. The molecule has 4 heterocycles. The van der Waals surface area contributed by atoms with Gasteiger partial charge >= 0.3 is 0 Å². The first-order valence-electron chi connectivity index (χ1n) is 11.7. The van der Waals surface area contributed by atoms with Crippen LogP contribution in [0.2, 0.25) is 0 Å². The third kappa shape index (κ3) is 4.33. The van der Waals surface area contributed by atoms with E-state index in [1.807, 2.05) is 16.6 Å². The zero-order valence-electron chi connectivity index (χ0n) is 20.3. The average molecular weight is 459 g/mol. The highest BCUT2D eigenvalue weighted by molar-refractivity contribution is 5.68. The predicted molar refractivity (Wildman–Crippen MR) is 129 cm³/mol. The number of nitrogens with one attached hydrogen (secondary N) is 1. The normalized spacial score (nSPS) is 13.1. The van der Waals surface area contributed by atoms with E-state index in [0.29, 0.717) is 34.5 Å². The van der Waals surface area contributed by atoms with Crippen LogP contribution < -0.4 is 0 Å². The summed E-state index contributed by atoms with van der Waals surface area (Å²) in [5.74, 6) is 2.09. The second-order valence-electron chi connectivity index (χ2n) is 9.34. The van der Waals surface area contributed by atoms with E-state index in [2.05, 4.69) is 76.3 Å². The zero-order chi connectivity index (χ0) is 24.3. The Morgan fingerprint density at radius 1 is 1.18 bits per heavy atom. The third-order valence-corrected chi connectivity index (χ3v) is 5.85. The number of H-pyrrole nitrogens is 1. The highest BCUT2D eigenvalue weighted by Crippen LogP contribution is 2.37. The number of nitrogens with zero attached hydrogens (tertiary/aromatic N) is 9. The van der Waals surface area contributed by atoms with E-state index < -0.39 is 0 Å². The summed E-state index contributed by atoms with van der Waals surface area (Å²) >= 11 is 0. The van der Waals surface area contributed by atoms with Crippen LogP contribution in [0.15, 0.2) is 40.8 Å². The van der Waals surface area contributed by atoms with Crippen LogP contribution in [0, 0.1) is 11.3 Å². The minimum absolute atomic E-state index is 0.239. The van der Waals surface area contributed by atoms with E-state index >= 15 is 0 Å². The number of rotatable bonds is 8. The highest BCUT2D eigenvalue weighted by Gasteiger charge is 2.28. The van der Waals surface area contributed by atoms with Gasteiger partial charge in [0.05, 0.1) is 11.9 Å². The van der Waals surface area contributed by atoms with E-state index in [-0.39, 0.29) is 5.41 Å². The summed E-state index contributed by atoms with van der Waals surface area (Å²) in [7, 11) is 0. The average Bonchev–Trinajstić information content (AvgIpc) is 3.52. The van der Waals surface area contributed by atoms with Crippen LogP contribution in [0.1, 0.15) is 83.3 Å². The van der Waals surface area contributed by atoms with E-state index in [4.69, 9.17) is 0 Å². The van der Waals surface area contributed by atoms with Gasteiger partial charge in [0.25, 0.3) is 0 Å². The van der Waals surface area contributed by atoms with Crippen molar-refractivity contribution in [2.45, 2.75) is 71.6 Å². The second kappa shape index (κ2) is 9.55. The molecule has 4 aromatic heterocycles. The van der Waals surface area contributed by atoms with Gasteiger partial charge in [-0.3, -0.25) is 5.10 Å². The summed E-state index contributed by atoms with van der Waals surface area (Å²) < 4.78 is 3.45. The molecule has 0 aliphatic carbocycles. The number of hydrogen-bond donors (Lipinski definition) is 1. The van der Waals surface area contributed by atoms with Crippen molar-refractivity contribution in [3.8, 4) is 11.9 Å². The fraction of sp³-hybridized carbons (Fsp3) is 0.458. The largest absolute Gasteiger partial charge is 0.292 e. The molecular weight excluding hydrogens is 428 g/mol. The predicted octanol–water partition coefficient (Wildman–Crippen LogP) is 5.91. The number of aromatic amines is 1. The van der Waals surface area contributed by atoms with Crippen molar-refractivity contribution >= 4 is 17.2 Å². The molecule has 0 spiro atoms. The maximum Gasteiger partial charge on any atom is 0.205 e. The van der Waals surface area contributed by atoms with E-state index in [1.54, 1.807) is 12.3 Å². The van der Waals surface area contributed by atoms with Crippen molar-refractivity contribution in [1.29, 1.82) is 5.26 Å². The van der Waals surface area contributed by atoms with Gasteiger partial charge in [0.2, 0.25) is 5.65 Å². The first-order valence-corrected chi connectivity index (χ1v) is 11.7. The molecule has 0 aromatic carbocycles. The molecule has 0 amide bonds. The lowest BCUT2D eigenvalue weighted by Crippen LogP contribution is -2.13. The Bertz CT molecular complexity index is 1330. The van der Waals surface area contributed by atoms with Gasteiger partial charge in [0.1, 0.15) is 11.6 Å². The molecule has 4 rings (SSSR count). The molecule has 10 heteroatoms. The van der Waals surface area contributed by atoms with Gasteiger partial charge in [0.15, 0.2) is 23.1 Å². The lowest BCUT2D eigenvalue weighted by molar-refractivity contribution is 0.521. The van der Waals surface area contributed by atoms with Crippen molar-refractivity contribution in [3.05, 3.63) is 47.7 Å². The Balaban J connectivity index is 1.83. The standard InChI is InChI=1S/C24H30N10/c1-6-8-11-16(7-2)21-30-31-23-19(20(24(3,4)5)32-34(21)23)28-29-22-17(14-25)15-27-33(22)18-12-9-10-13-26-18/h9-10,12-13,15-16,32H,6-8,11H2,1-5H3. The van der Waals surface area contributed by atoms with Crippen LogP contribution in [0.5, 0.6) is 0 Å². The minimum Gasteiger partial charge on any atom is -0.292 e. The zero-order valence-corrected chi connectivity index (χ0v) is 20.3. The topological polar surface area (TPSA) is 125 Å². The number of aromatic nitrogens is 7. The molecule has 4 aromatic rings. The summed E-state index contributed by atoms with van der Waals surface area (Å²) in [6, 6.07) is 7.61. The van der Waals surface area contributed by atoms with Crippen LogP contribution in [0.25, 0.3) is 11.5 Å². The number of nitriles is 1. The maximum atomic E-state index is 9.60. The van der Waals surface area contributed by atoms with Gasteiger partial charge in [-0.25, -0.2) is 9.50 Å². The van der Waals surface area contributed by atoms with E-state index in [1.165, 1.54) is 10.9 Å². The lowest BCUT2D eigenvalue weighted by atomic mass is 9.91. The van der Waals surface area contributed by atoms with Crippen molar-refractivity contribution in [2.75, 3.05) is 0 Å². The van der Waals surface area contributed by atoms with Gasteiger partial charge in [-0.15, -0.1) is 20.4 Å². The Labute approximate surface area is 198 Å². The van der Waals surface area contributed by atoms with Crippen LogP contribution in [0.4, 0.5) is 11.5 Å². The monoisotopic (exact) mass is 458 g/mol. The number of hydrogen-bond acceptors (Lipinski definition) is 7. The van der Waals surface area contributed by atoms with Crippen LogP contribution in [-0.4, -0.2) is 34.6 Å². The molecule has 1 N–H and O–H groups in total. The third-order valence-electron chi connectivity index (χ3n) is 5.85. The van der Waals surface area contributed by atoms with Crippen molar-refractivity contribution < 1.29 is 0 Å². The van der Waals surface area contributed by atoms with Gasteiger partial charge in [-0.1, -0.05) is 53.5 Å². The Morgan fingerprint density at radius 3 is 2.65 bits per heavy atom. The van der Waals surface area contributed by atoms with Crippen LogP contribution in [-0.2, 0) is 5.41 Å². The summed E-state index contributed by atoms with van der Waals surface area (Å²) in [6.45, 7) is 10.7. The molecule has 0 saturated carbocycles. The fourth-order valence-corrected chi connectivity index (χ4v) is 3.95. The Morgan fingerprint density at radius 2 is 2.00 bits per heavy atom. The van der Waals surface area contributed by atoms with Gasteiger partial charge in [0, 0.05) is 17.5 Å². The van der Waals surface area contributed by atoms with Gasteiger partial charge < -0.3 is 0 Å². The molecule has 1 atom stereocenters. The smallest absolute Gasteiger partial charge is 0.205 e. The summed E-state index contributed by atoms with van der Waals surface area (Å²) in [4.78, 5) is 4.32. The summed E-state index contributed by atoms with van der Waals surface area (Å²) in [5.41, 5.74) is 2.20.